The van der Waals surface area contributed by atoms with Crippen LogP contribution in [0.5, 0.6) is 11.5 Å². The molecule has 0 spiro atoms. The molecule has 2 aliphatic rings. The number of piperazine rings is 1. The topological polar surface area (TPSA) is 86.4 Å². The summed E-state index contributed by atoms with van der Waals surface area (Å²) in [5.74, 6) is -0.145. The summed E-state index contributed by atoms with van der Waals surface area (Å²) in [4.78, 5) is 28.1. The molecule has 12 heteroatoms. The Kier molecular flexibility index (Phi) is 11.8. The van der Waals surface area contributed by atoms with Crippen LogP contribution in [0.3, 0.4) is 0 Å². The van der Waals surface area contributed by atoms with E-state index in [1.54, 1.807) is 19.1 Å². The Morgan fingerprint density at radius 2 is 1.71 bits per heavy atom. The van der Waals surface area contributed by atoms with Crippen molar-refractivity contribution in [3.8, 4) is 11.5 Å². The van der Waals surface area contributed by atoms with Gasteiger partial charge in [-0.15, -0.1) is 0 Å². The first kappa shape index (κ1) is 37.7. The van der Waals surface area contributed by atoms with Gasteiger partial charge in [-0.05, 0) is 79.1 Å². The molecule has 2 atom stereocenters. The fourth-order valence-electron chi connectivity index (χ4n) is 6.75. The van der Waals surface area contributed by atoms with E-state index in [1.165, 1.54) is 0 Å². The van der Waals surface area contributed by atoms with Crippen molar-refractivity contribution in [1.29, 1.82) is 0 Å². The lowest BCUT2D eigenvalue weighted by Gasteiger charge is -2.40. The molecule has 2 aliphatic heterocycles. The first-order chi connectivity index (χ1) is 24.9. The Balaban J connectivity index is 1.14. The van der Waals surface area contributed by atoms with Crippen LogP contribution in [-0.2, 0) is 37.9 Å². The number of esters is 1. The third-order valence-corrected chi connectivity index (χ3v) is 10.1. The first-order valence-electron chi connectivity index (χ1n) is 17.8. The summed E-state index contributed by atoms with van der Waals surface area (Å²) in [6, 6.07) is 17.5. The van der Waals surface area contributed by atoms with Crippen molar-refractivity contribution in [3.63, 3.8) is 0 Å². The molecule has 1 aromatic heterocycles. The molecular weight excluding hydrogens is 703 g/mol. The van der Waals surface area contributed by atoms with Crippen molar-refractivity contribution < 1.29 is 33.1 Å². The predicted octanol–water partition coefficient (Wildman–Crippen LogP) is 6.71. The lowest BCUT2D eigenvalue weighted by atomic mass is 10.0. The number of anilines is 1. The molecule has 0 unspecified atom stereocenters. The van der Waals surface area contributed by atoms with Crippen LogP contribution >= 0.6 is 23.2 Å². The van der Waals surface area contributed by atoms with E-state index >= 15 is 0 Å². The Labute approximate surface area is 315 Å². The third-order valence-electron chi connectivity index (χ3n) is 9.53. The van der Waals surface area contributed by atoms with E-state index < -0.39 is 5.79 Å². The minimum Gasteiger partial charge on any atom is -0.491 e. The number of aryl methyl sites for hydroxylation is 2. The number of ether oxygens (including phenoxy) is 4. The van der Waals surface area contributed by atoms with E-state index in [4.69, 9.17) is 42.1 Å². The van der Waals surface area contributed by atoms with E-state index in [0.717, 1.165) is 54.3 Å². The summed E-state index contributed by atoms with van der Waals surface area (Å²) in [7, 11) is 0. The molecule has 0 bridgehead atoms. The SMILES string of the molecule is CC(=O)N1CCN(c2ccc(OC[C@@H]3CCO[C@](Cn4cc[n+](Cc5cc(C)c(OC(=O)C(C)C)c(C)c5)c4)(c4ccc(Cl)cc4Cl)O3)cc2)CC1. The van der Waals surface area contributed by atoms with Gasteiger partial charge in [-0.25, -0.2) is 9.13 Å². The van der Waals surface area contributed by atoms with Crippen LogP contribution in [0.15, 0.2) is 73.3 Å². The zero-order valence-corrected chi connectivity index (χ0v) is 32.0. The molecule has 3 heterocycles. The van der Waals surface area contributed by atoms with Gasteiger partial charge in [0.25, 0.3) is 0 Å². The summed E-state index contributed by atoms with van der Waals surface area (Å²) in [5.41, 5.74) is 4.71. The number of hydrogen-bond acceptors (Lipinski definition) is 7. The molecule has 52 heavy (non-hydrogen) atoms. The van der Waals surface area contributed by atoms with Crippen molar-refractivity contribution in [3.05, 3.63) is 106 Å². The molecule has 276 valence electrons. The number of aromatic nitrogens is 2. The molecule has 6 rings (SSSR count). The average molecular weight is 751 g/mol. The lowest BCUT2D eigenvalue weighted by molar-refractivity contribution is -0.688. The molecule has 2 fully saturated rings. The van der Waals surface area contributed by atoms with E-state index in [-0.39, 0.29) is 23.9 Å². The molecule has 0 aliphatic carbocycles. The number of carbonyl (C=O) groups excluding carboxylic acids is 2. The highest BCUT2D eigenvalue weighted by atomic mass is 35.5. The molecular formula is C40H47Cl2N4O6+. The van der Waals surface area contributed by atoms with Gasteiger partial charge in [0.05, 0.1) is 23.7 Å². The van der Waals surface area contributed by atoms with Crippen molar-refractivity contribution in [2.24, 2.45) is 5.92 Å². The second kappa shape index (κ2) is 16.3. The van der Waals surface area contributed by atoms with Gasteiger partial charge in [0.1, 0.15) is 43.6 Å². The summed E-state index contributed by atoms with van der Waals surface area (Å²) in [5, 5.41) is 0.983. The quantitative estimate of drug-likeness (QED) is 0.0957. The Morgan fingerprint density at radius 1 is 1.00 bits per heavy atom. The average Bonchev–Trinajstić information content (AvgIpc) is 3.55. The number of nitrogens with zero attached hydrogens (tertiary/aromatic N) is 4. The van der Waals surface area contributed by atoms with E-state index in [9.17, 15) is 9.59 Å². The standard InChI is InChI=1S/C40H47Cl2N4O6/c1-27(2)39(48)51-38-28(3)20-31(21-29(38)4)23-43-13-14-44(26-43)25-40(36-11-6-32(41)22-37(36)42)50-19-12-35(52-40)24-49-34-9-7-33(8-10-34)46-17-15-45(16-18-46)30(5)47/h6-11,13-14,20-22,26-27,35H,12,15-19,23-25H2,1-5H3/q+1/t35-,40-/m0/s1. The van der Waals surface area contributed by atoms with Crippen LogP contribution in [-0.4, -0.2) is 66.8 Å². The van der Waals surface area contributed by atoms with Gasteiger partial charge in [0.2, 0.25) is 18.0 Å². The van der Waals surface area contributed by atoms with Gasteiger partial charge >= 0.3 is 5.97 Å². The molecule has 4 aromatic rings. The van der Waals surface area contributed by atoms with E-state index in [2.05, 4.69) is 33.7 Å². The molecule has 0 N–H and O–H groups in total. The van der Waals surface area contributed by atoms with Crippen LogP contribution in [0.2, 0.25) is 10.0 Å². The minimum absolute atomic E-state index is 0.120. The Hall–Kier alpha value is -4.09. The van der Waals surface area contributed by atoms with E-state index in [1.807, 2.05) is 74.1 Å². The molecule has 1 amide bonds. The highest BCUT2D eigenvalue weighted by molar-refractivity contribution is 6.35. The number of carbonyl (C=O) groups is 2. The van der Waals surface area contributed by atoms with Crippen LogP contribution in [0.25, 0.3) is 0 Å². The van der Waals surface area contributed by atoms with Gasteiger partial charge in [-0.2, -0.15) is 0 Å². The van der Waals surface area contributed by atoms with Crippen molar-refractivity contribution in [2.75, 3.05) is 44.3 Å². The fraction of sp³-hybridized carbons (Fsp3) is 0.425. The molecule has 2 saturated heterocycles. The highest BCUT2D eigenvalue weighted by Crippen LogP contribution is 2.40. The van der Waals surface area contributed by atoms with Gasteiger partial charge < -0.3 is 28.7 Å². The number of amides is 1. The van der Waals surface area contributed by atoms with Crippen LogP contribution in [0, 0.1) is 19.8 Å². The van der Waals surface area contributed by atoms with Gasteiger partial charge in [-0.1, -0.05) is 43.1 Å². The fourth-order valence-corrected chi connectivity index (χ4v) is 7.30. The zero-order valence-electron chi connectivity index (χ0n) is 30.4. The molecule has 10 nitrogen and oxygen atoms in total. The maximum absolute atomic E-state index is 12.2. The van der Waals surface area contributed by atoms with Crippen molar-refractivity contribution in [1.82, 2.24) is 9.47 Å². The molecule has 0 saturated carbocycles. The second-order valence-corrected chi connectivity index (χ2v) is 14.8. The summed E-state index contributed by atoms with van der Waals surface area (Å²) in [6.07, 6.45) is 6.38. The van der Waals surface area contributed by atoms with Gasteiger partial charge in [0, 0.05) is 55.8 Å². The van der Waals surface area contributed by atoms with E-state index in [0.29, 0.717) is 54.1 Å². The third kappa shape index (κ3) is 8.92. The van der Waals surface area contributed by atoms with Crippen LogP contribution < -0.4 is 18.9 Å². The lowest BCUT2D eigenvalue weighted by Crippen LogP contribution is -2.48. The summed E-state index contributed by atoms with van der Waals surface area (Å²) < 4.78 is 29.3. The zero-order chi connectivity index (χ0) is 37.0. The number of hydrogen-bond donors (Lipinski definition) is 0. The highest BCUT2D eigenvalue weighted by Gasteiger charge is 2.44. The van der Waals surface area contributed by atoms with Gasteiger partial charge in [-0.3, -0.25) is 9.59 Å². The van der Waals surface area contributed by atoms with Crippen LogP contribution in [0.4, 0.5) is 5.69 Å². The first-order valence-corrected chi connectivity index (χ1v) is 18.5. The normalized spacial score (nSPS) is 19.2. The smallest absolute Gasteiger partial charge is 0.313 e. The second-order valence-electron chi connectivity index (χ2n) is 13.9. The maximum atomic E-state index is 12.2. The van der Waals surface area contributed by atoms with Gasteiger partial charge in [0.15, 0.2) is 0 Å². The predicted molar refractivity (Wildman–Crippen MR) is 200 cm³/mol. The molecule has 0 radical (unpaired) electrons. The Morgan fingerprint density at radius 3 is 2.37 bits per heavy atom. The monoisotopic (exact) mass is 749 g/mol. The number of halogens is 2. The number of benzene rings is 3. The summed E-state index contributed by atoms with van der Waals surface area (Å²) in [6.45, 7) is 14.0. The number of rotatable bonds is 11. The number of imidazole rings is 1. The molecule has 3 aromatic carbocycles. The largest absolute Gasteiger partial charge is 0.491 e. The summed E-state index contributed by atoms with van der Waals surface area (Å²) >= 11 is 13.1. The van der Waals surface area contributed by atoms with Crippen molar-refractivity contribution in [2.45, 2.75) is 66.0 Å². The van der Waals surface area contributed by atoms with Crippen LogP contribution in [0.1, 0.15) is 49.4 Å². The Bertz CT molecular complexity index is 1870. The maximum Gasteiger partial charge on any atom is 0.313 e. The minimum atomic E-state index is -1.19. The van der Waals surface area contributed by atoms with Crippen molar-refractivity contribution >= 4 is 40.8 Å².